The average Bonchev–Trinajstić information content (AvgIpc) is 2.54. The molecule has 1 aliphatic rings. The van der Waals surface area contributed by atoms with Crippen molar-refractivity contribution in [2.24, 2.45) is 0 Å². The molecule has 2 aromatic rings. The van der Waals surface area contributed by atoms with Crippen LogP contribution in [0.5, 0.6) is 0 Å². The first-order valence-electron chi connectivity index (χ1n) is 8.24. The molecule has 1 atom stereocenters. The highest BCUT2D eigenvalue weighted by Gasteiger charge is 2.39. The SMILES string of the molecule is Cc1cccc(C2C(=O)NCCN2S(=O)(=O)c2ccc(C)cc2C)c1. The van der Waals surface area contributed by atoms with Gasteiger partial charge in [0.2, 0.25) is 15.9 Å². The Bertz CT molecular complexity index is 922. The van der Waals surface area contributed by atoms with Gasteiger partial charge in [0.05, 0.1) is 4.90 Å². The topological polar surface area (TPSA) is 66.5 Å². The molecule has 0 aliphatic carbocycles. The van der Waals surface area contributed by atoms with Gasteiger partial charge in [0, 0.05) is 13.1 Å². The molecule has 0 spiro atoms. The van der Waals surface area contributed by atoms with Gasteiger partial charge in [-0.15, -0.1) is 0 Å². The van der Waals surface area contributed by atoms with Crippen LogP contribution in [-0.2, 0) is 14.8 Å². The zero-order valence-corrected chi connectivity index (χ0v) is 15.4. The number of benzene rings is 2. The highest BCUT2D eigenvalue weighted by Crippen LogP contribution is 2.31. The van der Waals surface area contributed by atoms with E-state index in [0.29, 0.717) is 17.7 Å². The van der Waals surface area contributed by atoms with Crippen molar-refractivity contribution >= 4 is 15.9 Å². The lowest BCUT2D eigenvalue weighted by Crippen LogP contribution is -2.52. The molecule has 1 N–H and O–H groups in total. The Morgan fingerprint density at radius 1 is 1.04 bits per heavy atom. The molecular weight excluding hydrogens is 336 g/mol. The van der Waals surface area contributed by atoms with E-state index in [2.05, 4.69) is 5.32 Å². The van der Waals surface area contributed by atoms with Gasteiger partial charge in [-0.3, -0.25) is 4.79 Å². The van der Waals surface area contributed by atoms with Gasteiger partial charge in [-0.05, 0) is 38.0 Å². The number of aryl methyl sites for hydroxylation is 3. The molecule has 132 valence electrons. The highest BCUT2D eigenvalue weighted by molar-refractivity contribution is 7.89. The fraction of sp³-hybridized carbons (Fsp3) is 0.316. The zero-order chi connectivity index (χ0) is 18.2. The van der Waals surface area contributed by atoms with E-state index in [9.17, 15) is 13.2 Å². The summed E-state index contributed by atoms with van der Waals surface area (Å²) in [5, 5.41) is 2.78. The summed E-state index contributed by atoms with van der Waals surface area (Å²) in [5.74, 6) is -0.287. The standard InChI is InChI=1S/C19H22N2O3S/c1-13-5-4-6-16(12-13)18-19(22)20-9-10-21(18)25(23,24)17-8-7-14(2)11-15(17)3/h4-8,11-12,18H,9-10H2,1-3H3,(H,20,22). The number of carbonyl (C=O) groups is 1. The lowest BCUT2D eigenvalue weighted by molar-refractivity contribution is -0.126. The molecule has 1 aliphatic heterocycles. The van der Waals surface area contributed by atoms with Crippen LogP contribution in [0.4, 0.5) is 0 Å². The van der Waals surface area contributed by atoms with Crippen LogP contribution in [0, 0.1) is 20.8 Å². The largest absolute Gasteiger partial charge is 0.353 e. The van der Waals surface area contributed by atoms with Crippen molar-refractivity contribution in [3.8, 4) is 0 Å². The van der Waals surface area contributed by atoms with Crippen LogP contribution in [0.2, 0.25) is 0 Å². The molecule has 0 bridgehead atoms. The van der Waals surface area contributed by atoms with Crippen molar-refractivity contribution in [1.29, 1.82) is 0 Å². The van der Waals surface area contributed by atoms with Crippen LogP contribution in [0.25, 0.3) is 0 Å². The minimum Gasteiger partial charge on any atom is -0.353 e. The fourth-order valence-electron chi connectivity index (χ4n) is 3.28. The Balaban J connectivity index is 2.10. The van der Waals surface area contributed by atoms with Gasteiger partial charge in [-0.1, -0.05) is 47.5 Å². The third kappa shape index (κ3) is 3.32. The number of amides is 1. The average molecular weight is 358 g/mol. The summed E-state index contributed by atoms with van der Waals surface area (Å²) >= 11 is 0. The van der Waals surface area contributed by atoms with Crippen LogP contribution in [-0.4, -0.2) is 31.7 Å². The van der Waals surface area contributed by atoms with Gasteiger partial charge in [0.1, 0.15) is 6.04 Å². The van der Waals surface area contributed by atoms with Crippen LogP contribution in [0.15, 0.2) is 47.4 Å². The molecule has 3 rings (SSSR count). The van der Waals surface area contributed by atoms with Crippen LogP contribution in [0.1, 0.15) is 28.3 Å². The maximum absolute atomic E-state index is 13.3. The number of nitrogens with zero attached hydrogens (tertiary/aromatic N) is 1. The third-order valence-electron chi connectivity index (χ3n) is 4.44. The summed E-state index contributed by atoms with van der Waals surface area (Å²) in [6, 6.07) is 11.8. The lowest BCUT2D eigenvalue weighted by Gasteiger charge is -2.34. The second-order valence-electron chi connectivity index (χ2n) is 6.49. The predicted molar refractivity (Wildman–Crippen MR) is 96.7 cm³/mol. The monoisotopic (exact) mass is 358 g/mol. The second-order valence-corrected chi connectivity index (χ2v) is 8.35. The number of sulfonamides is 1. The minimum absolute atomic E-state index is 0.250. The number of hydrogen-bond acceptors (Lipinski definition) is 3. The molecule has 1 saturated heterocycles. The van der Waals surface area contributed by atoms with E-state index < -0.39 is 16.1 Å². The molecular formula is C19H22N2O3S. The van der Waals surface area contributed by atoms with Crippen LogP contribution in [0.3, 0.4) is 0 Å². The van der Waals surface area contributed by atoms with Crippen molar-refractivity contribution in [2.45, 2.75) is 31.7 Å². The van der Waals surface area contributed by atoms with E-state index >= 15 is 0 Å². The van der Waals surface area contributed by atoms with E-state index in [-0.39, 0.29) is 17.3 Å². The molecule has 5 nitrogen and oxygen atoms in total. The molecule has 0 aromatic heterocycles. The summed E-state index contributed by atoms with van der Waals surface area (Å²) in [5.41, 5.74) is 3.36. The smallest absolute Gasteiger partial charge is 0.244 e. The van der Waals surface area contributed by atoms with Crippen molar-refractivity contribution < 1.29 is 13.2 Å². The van der Waals surface area contributed by atoms with Gasteiger partial charge in [0.25, 0.3) is 0 Å². The lowest BCUT2D eigenvalue weighted by atomic mass is 10.0. The van der Waals surface area contributed by atoms with Gasteiger partial charge in [-0.2, -0.15) is 4.31 Å². The van der Waals surface area contributed by atoms with Gasteiger partial charge < -0.3 is 5.32 Å². The number of nitrogens with one attached hydrogen (secondary N) is 1. The first-order valence-corrected chi connectivity index (χ1v) is 9.68. The Morgan fingerprint density at radius 2 is 1.76 bits per heavy atom. The van der Waals surface area contributed by atoms with Crippen molar-refractivity contribution in [2.75, 3.05) is 13.1 Å². The molecule has 1 heterocycles. The van der Waals surface area contributed by atoms with E-state index in [1.807, 2.05) is 38.1 Å². The number of piperazine rings is 1. The van der Waals surface area contributed by atoms with Crippen LogP contribution >= 0.6 is 0 Å². The summed E-state index contributed by atoms with van der Waals surface area (Å²) in [7, 11) is -3.78. The maximum Gasteiger partial charge on any atom is 0.244 e. The van der Waals surface area contributed by atoms with Crippen molar-refractivity contribution in [1.82, 2.24) is 9.62 Å². The quantitative estimate of drug-likeness (QED) is 0.917. The fourth-order valence-corrected chi connectivity index (χ4v) is 5.06. The van der Waals surface area contributed by atoms with Gasteiger partial charge in [-0.25, -0.2) is 8.42 Å². The second kappa shape index (κ2) is 6.61. The van der Waals surface area contributed by atoms with Crippen molar-refractivity contribution in [3.05, 3.63) is 64.7 Å². The number of hydrogen-bond donors (Lipinski definition) is 1. The van der Waals surface area contributed by atoms with E-state index in [1.54, 1.807) is 25.1 Å². The molecule has 1 unspecified atom stereocenters. The summed E-state index contributed by atoms with van der Waals surface area (Å²) < 4.78 is 27.9. The van der Waals surface area contributed by atoms with Crippen molar-refractivity contribution in [3.63, 3.8) is 0 Å². The first-order chi connectivity index (χ1) is 11.8. The van der Waals surface area contributed by atoms with E-state index in [1.165, 1.54) is 4.31 Å². The first kappa shape index (κ1) is 17.6. The van der Waals surface area contributed by atoms with E-state index in [0.717, 1.165) is 11.1 Å². The molecule has 2 aromatic carbocycles. The van der Waals surface area contributed by atoms with Gasteiger partial charge in [0.15, 0.2) is 0 Å². The predicted octanol–water partition coefficient (Wildman–Crippen LogP) is 2.47. The Labute approximate surface area is 148 Å². The number of carbonyl (C=O) groups excluding carboxylic acids is 1. The maximum atomic E-state index is 13.3. The molecule has 1 amide bonds. The number of rotatable bonds is 3. The normalized spacial score (nSPS) is 18.8. The Morgan fingerprint density at radius 3 is 2.44 bits per heavy atom. The zero-order valence-electron chi connectivity index (χ0n) is 14.6. The van der Waals surface area contributed by atoms with Crippen LogP contribution < -0.4 is 5.32 Å². The molecule has 0 saturated carbocycles. The Hall–Kier alpha value is -2.18. The highest BCUT2D eigenvalue weighted by atomic mass is 32.2. The molecule has 0 radical (unpaired) electrons. The minimum atomic E-state index is -3.78. The summed E-state index contributed by atoms with van der Waals surface area (Å²) in [6.07, 6.45) is 0. The Kier molecular flexibility index (Phi) is 4.67. The molecule has 1 fully saturated rings. The third-order valence-corrected chi connectivity index (χ3v) is 6.47. The molecule has 25 heavy (non-hydrogen) atoms. The van der Waals surface area contributed by atoms with Gasteiger partial charge >= 0.3 is 0 Å². The summed E-state index contributed by atoms with van der Waals surface area (Å²) in [4.78, 5) is 12.8. The molecule has 6 heteroatoms. The van der Waals surface area contributed by atoms with E-state index in [4.69, 9.17) is 0 Å². The summed E-state index contributed by atoms with van der Waals surface area (Å²) in [6.45, 7) is 6.19.